The summed E-state index contributed by atoms with van der Waals surface area (Å²) in [4.78, 5) is 26.4. The molecule has 1 unspecified atom stereocenters. The molecular formula is C27H30N4O2. The number of amides is 1. The van der Waals surface area contributed by atoms with Gasteiger partial charge in [0.15, 0.2) is 0 Å². The molecule has 4 rings (SSSR count). The predicted octanol–water partition coefficient (Wildman–Crippen LogP) is 4.50. The first kappa shape index (κ1) is 22.5. The minimum atomic E-state index is -0.376. The van der Waals surface area contributed by atoms with E-state index in [0.717, 1.165) is 35.3 Å². The summed E-state index contributed by atoms with van der Waals surface area (Å²) in [6.45, 7) is 6.48. The van der Waals surface area contributed by atoms with E-state index in [1.54, 1.807) is 6.20 Å². The fourth-order valence-electron chi connectivity index (χ4n) is 4.55. The third kappa shape index (κ3) is 4.46. The molecule has 0 radical (unpaired) electrons. The minimum Gasteiger partial charge on any atom is -0.354 e. The number of aromatic nitrogens is 3. The van der Waals surface area contributed by atoms with Crippen molar-refractivity contribution in [3.8, 4) is 5.69 Å². The number of aryl methyl sites for hydroxylation is 3. The molecule has 0 aliphatic carbocycles. The van der Waals surface area contributed by atoms with E-state index in [1.165, 1.54) is 10.2 Å². The van der Waals surface area contributed by atoms with Gasteiger partial charge in [-0.15, -0.1) is 0 Å². The average Bonchev–Trinajstić information content (AvgIpc) is 3.09. The molecule has 4 aromatic rings. The maximum Gasteiger partial charge on any atom is 0.281 e. The molecule has 1 atom stereocenters. The molecule has 0 bridgehead atoms. The van der Waals surface area contributed by atoms with Gasteiger partial charge in [-0.2, -0.15) is 9.78 Å². The lowest BCUT2D eigenvalue weighted by molar-refractivity contribution is -0.124. The van der Waals surface area contributed by atoms with Crippen LogP contribution in [0.1, 0.15) is 42.8 Å². The number of benzene rings is 2. The molecule has 170 valence electrons. The molecule has 2 aromatic carbocycles. The van der Waals surface area contributed by atoms with Crippen LogP contribution in [0.3, 0.4) is 0 Å². The van der Waals surface area contributed by atoms with Gasteiger partial charge in [0.2, 0.25) is 5.91 Å². The number of carbonyl (C=O) groups is 1. The lowest BCUT2D eigenvalue weighted by Gasteiger charge is -2.20. The van der Waals surface area contributed by atoms with Crippen molar-refractivity contribution in [1.82, 2.24) is 19.7 Å². The number of rotatable bonds is 8. The van der Waals surface area contributed by atoms with Crippen LogP contribution in [0.25, 0.3) is 16.5 Å². The zero-order valence-electron chi connectivity index (χ0n) is 19.4. The summed E-state index contributed by atoms with van der Waals surface area (Å²) < 4.78 is 3.42. The number of para-hydroxylation sites is 1. The topological polar surface area (TPSA) is 68.9 Å². The summed E-state index contributed by atoms with van der Waals surface area (Å²) in [5.74, 6) is -0.0200. The number of nitrogens with one attached hydrogen (secondary N) is 1. The zero-order chi connectivity index (χ0) is 23.4. The summed E-state index contributed by atoms with van der Waals surface area (Å²) in [6.07, 6.45) is 4.16. The Hall–Kier alpha value is -3.67. The Labute approximate surface area is 193 Å². The normalized spacial score (nSPS) is 12.1. The van der Waals surface area contributed by atoms with E-state index >= 15 is 0 Å². The minimum absolute atomic E-state index is 0.0200. The van der Waals surface area contributed by atoms with Crippen LogP contribution in [0, 0.1) is 13.8 Å². The van der Waals surface area contributed by atoms with Crippen molar-refractivity contribution in [3.63, 3.8) is 0 Å². The van der Waals surface area contributed by atoms with Gasteiger partial charge < -0.3 is 9.88 Å². The van der Waals surface area contributed by atoms with E-state index in [4.69, 9.17) is 0 Å². The second-order valence-electron chi connectivity index (χ2n) is 8.33. The highest BCUT2D eigenvalue weighted by Gasteiger charge is 2.25. The molecule has 6 nitrogen and oxygen atoms in total. The van der Waals surface area contributed by atoms with Gasteiger partial charge in [0.05, 0.1) is 17.3 Å². The third-order valence-corrected chi connectivity index (χ3v) is 6.24. The molecule has 0 aliphatic heterocycles. The summed E-state index contributed by atoms with van der Waals surface area (Å²) in [6, 6.07) is 19.3. The highest BCUT2D eigenvalue weighted by atomic mass is 16.2. The van der Waals surface area contributed by atoms with Gasteiger partial charge >= 0.3 is 0 Å². The summed E-state index contributed by atoms with van der Waals surface area (Å²) >= 11 is 0. The standard InChI is InChI=1S/C27H30N4O2/c1-4-24(26(32)28-17-11-14-21-12-7-5-8-13-21)30-19(2)23-18-29-31(22-15-9-6-10-16-22)27(33)25(23)20(30)3/h5-10,12-13,15-16,18,24H,4,11,14,17H2,1-3H3,(H,28,32). The second-order valence-corrected chi connectivity index (χ2v) is 8.33. The number of hydrogen-bond acceptors (Lipinski definition) is 3. The lowest BCUT2D eigenvalue weighted by atomic mass is 10.1. The van der Waals surface area contributed by atoms with Crippen molar-refractivity contribution >= 4 is 16.7 Å². The Morgan fingerprint density at radius 3 is 2.33 bits per heavy atom. The van der Waals surface area contributed by atoms with E-state index in [0.29, 0.717) is 18.4 Å². The third-order valence-electron chi connectivity index (χ3n) is 6.24. The summed E-state index contributed by atoms with van der Waals surface area (Å²) in [7, 11) is 0. The molecule has 0 aliphatic rings. The van der Waals surface area contributed by atoms with Crippen molar-refractivity contribution in [2.24, 2.45) is 0 Å². The highest BCUT2D eigenvalue weighted by Crippen LogP contribution is 2.28. The zero-order valence-corrected chi connectivity index (χ0v) is 19.4. The van der Waals surface area contributed by atoms with Crippen molar-refractivity contribution in [1.29, 1.82) is 0 Å². The monoisotopic (exact) mass is 442 g/mol. The van der Waals surface area contributed by atoms with Crippen molar-refractivity contribution in [2.45, 2.75) is 46.1 Å². The van der Waals surface area contributed by atoms with Crippen LogP contribution in [-0.2, 0) is 11.2 Å². The van der Waals surface area contributed by atoms with E-state index in [2.05, 4.69) is 22.5 Å². The fourth-order valence-corrected chi connectivity index (χ4v) is 4.55. The molecule has 0 fully saturated rings. The number of fused-ring (bicyclic) bond motifs is 1. The second kappa shape index (κ2) is 9.86. The largest absolute Gasteiger partial charge is 0.354 e. The van der Waals surface area contributed by atoms with Crippen LogP contribution in [-0.4, -0.2) is 26.8 Å². The number of hydrogen-bond donors (Lipinski definition) is 1. The van der Waals surface area contributed by atoms with E-state index in [1.807, 2.05) is 73.9 Å². The molecule has 0 saturated heterocycles. The Morgan fingerprint density at radius 1 is 1.00 bits per heavy atom. The van der Waals surface area contributed by atoms with Crippen LogP contribution in [0.4, 0.5) is 0 Å². The molecule has 2 aromatic heterocycles. The fraction of sp³-hybridized carbons (Fsp3) is 0.296. The van der Waals surface area contributed by atoms with Gasteiger partial charge in [-0.3, -0.25) is 9.59 Å². The first-order valence-corrected chi connectivity index (χ1v) is 11.5. The maximum atomic E-state index is 13.3. The summed E-state index contributed by atoms with van der Waals surface area (Å²) in [5.41, 5.74) is 3.50. The van der Waals surface area contributed by atoms with Crippen molar-refractivity contribution in [2.75, 3.05) is 6.54 Å². The van der Waals surface area contributed by atoms with Gasteiger partial charge in [-0.1, -0.05) is 55.5 Å². The Morgan fingerprint density at radius 2 is 1.67 bits per heavy atom. The van der Waals surface area contributed by atoms with E-state index in [-0.39, 0.29) is 17.5 Å². The molecule has 33 heavy (non-hydrogen) atoms. The first-order valence-electron chi connectivity index (χ1n) is 11.5. The Balaban J connectivity index is 1.58. The van der Waals surface area contributed by atoms with Gasteiger partial charge in [-0.05, 0) is 50.8 Å². The van der Waals surface area contributed by atoms with Crippen LogP contribution in [0.15, 0.2) is 71.7 Å². The van der Waals surface area contributed by atoms with Crippen LogP contribution in [0.2, 0.25) is 0 Å². The molecule has 0 spiro atoms. The molecule has 6 heteroatoms. The Bertz CT molecular complexity index is 1310. The smallest absolute Gasteiger partial charge is 0.281 e. The first-order chi connectivity index (χ1) is 16.0. The van der Waals surface area contributed by atoms with Crippen LogP contribution in [0.5, 0.6) is 0 Å². The highest BCUT2D eigenvalue weighted by molar-refractivity contribution is 5.89. The average molecular weight is 443 g/mol. The van der Waals surface area contributed by atoms with Gasteiger partial charge in [-0.25, -0.2) is 0 Å². The van der Waals surface area contributed by atoms with E-state index < -0.39 is 0 Å². The molecule has 1 amide bonds. The maximum absolute atomic E-state index is 13.3. The molecule has 0 saturated carbocycles. The van der Waals surface area contributed by atoms with Crippen molar-refractivity contribution < 1.29 is 4.79 Å². The Kier molecular flexibility index (Phi) is 6.73. The van der Waals surface area contributed by atoms with Crippen molar-refractivity contribution in [3.05, 3.63) is 94.2 Å². The predicted molar refractivity (Wildman–Crippen MR) is 132 cm³/mol. The SMILES string of the molecule is CCC(C(=O)NCCCc1ccccc1)n1c(C)c2cnn(-c3ccccc3)c(=O)c2c1C. The quantitative estimate of drug-likeness (QED) is 0.409. The molecular weight excluding hydrogens is 412 g/mol. The van der Waals surface area contributed by atoms with Gasteiger partial charge in [0.1, 0.15) is 6.04 Å². The number of nitrogens with zero attached hydrogens (tertiary/aromatic N) is 3. The molecule has 1 N–H and O–H groups in total. The lowest BCUT2D eigenvalue weighted by Crippen LogP contribution is -2.34. The van der Waals surface area contributed by atoms with Gasteiger partial charge in [0.25, 0.3) is 5.56 Å². The molecule has 2 heterocycles. The van der Waals surface area contributed by atoms with Crippen LogP contribution < -0.4 is 10.9 Å². The summed E-state index contributed by atoms with van der Waals surface area (Å²) in [5, 5.41) is 8.90. The van der Waals surface area contributed by atoms with Crippen LogP contribution >= 0.6 is 0 Å². The van der Waals surface area contributed by atoms with Gasteiger partial charge in [0, 0.05) is 23.3 Å². The number of carbonyl (C=O) groups excluding carboxylic acids is 1. The van der Waals surface area contributed by atoms with E-state index in [9.17, 15) is 9.59 Å².